The van der Waals surface area contributed by atoms with E-state index in [0.717, 1.165) is 41.6 Å². The number of nitriles is 1. The Morgan fingerprint density at radius 3 is 3.15 bits per heavy atom. The molecule has 1 saturated carbocycles. The van der Waals surface area contributed by atoms with Crippen LogP contribution in [0, 0.1) is 24.2 Å². The van der Waals surface area contributed by atoms with Crippen LogP contribution in [0.2, 0.25) is 0 Å². The summed E-state index contributed by atoms with van der Waals surface area (Å²) in [6.45, 7) is 5.14. The minimum Gasteiger partial charge on any atom is -0.299 e. The van der Waals surface area contributed by atoms with Crippen molar-refractivity contribution in [2.75, 3.05) is 12.3 Å². The molecule has 1 aliphatic rings. The number of aryl methyl sites for hydroxylation is 1. The molecule has 0 radical (unpaired) electrons. The Bertz CT molecular complexity index is 466. The first-order valence-corrected chi connectivity index (χ1v) is 9.28. The van der Waals surface area contributed by atoms with Crippen LogP contribution in [0.5, 0.6) is 0 Å². The molecular formula is C15H23N3S2. The third-order valence-corrected chi connectivity index (χ3v) is 6.17. The van der Waals surface area contributed by atoms with E-state index in [2.05, 4.69) is 28.7 Å². The fourth-order valence-electron chi connectivity index (χ4n) is 2.92. The predicted octanol–water partition coefficient (Wildman–Crippen LogP) is 4.00. The van der Waals surface area contributed by atoms with Gasteiger partial charge >= 0.3 is 0 Å². The molecule has 3 nitrogen and oxygen atoms in total. The van der Waals surface area contributed by atoms with Crippen molar-refractivity contribution in [3.8, 4) is 6.07 Å². The molecule has 1 aliphatic carbocycles. The van der Waals surface area contributed by atoms with Gasteiger partial charge in [0.05, 0.1) is 6.07 Å². The van der Waals surface area contributed by atoms with Gasteiger partial charge in [0.25, 0.3) is 0 Å². The van der Waals surface area contributed by atoms with Crippen LogP contribution in [-0.4, -0.2) is 22.8 Å². The Balaban J connectivity index is 1.85. The van der Waals surface area contributed by atoms with E-state index >= 15 is 0 Å². The lowest BCUT2D eigenvalue weighted by molar-refractivity contribution is 0.311. The van der Waals surface area contributed by atoms with Crippen molar-refractivity contribution < 1.29 is 0 Å². The third kappa shape index (κ3) is 3.75. The summed E-state index contributed by atoms with van der Waals surface area (Å²) in [5.41, 5.74) is 0.837. The molecule has 1 aromatic heterocycles. The van der Waals surface area contributed by atoms with Crippen LogP contribution in [-0.2, 0) is 0 Å². The fraction of sp³-hybridized carbons (Fsp3) is 0.733. The molecule has 2 rings (SSSR count). The van der Waals surface area contributed by atoms with Gasteiger partial charge in [-0.3, -0.25) is 5.32 Å². The van der Waals surface area contributed by atoms with Crippen molar-refractivity contribution in [1.29, 1.82) is 5.26 Å². The summed E-state index contributed by atoms with van der Waals surface area (Å²) >= 11 is 3.56. The minimum absolute atomic E-state index is 0.268. The van der Waals surface area contributed by atoms with Crippen molar-refractivity contribution in [1.82, 2.24) is 10.3 Å². The quantitative estimate of drug-likeness (QED) is 0.774. The zero-order chi connectivity index (χ0) is 14.4. The van der Waals surface area contributed by atoms with Gasteiger partial charge in [0.1, 0.15) is 9.88 Å². The van der Waals surface area contributed by atoms with Crippen molar-refractivity contribution >= 4 is 23.1 Å². The number of nitrogens with one attached hydrogen (secondary N) is 1. The monoisotopic (exact) mass is 309 g/mol. The van der Waals surface area contributed by atoms with Gasteiger partial charge in [-0.1, -0.05) is 25.1 Å². The van der Waals surface area contributed by atoms with Gasteiger partial charge in [-0.2, -0.15) is 5.26 Å². The molecule has 1 fully saturated rings. The molecule has 5 heteroatoms. The molecule has 1 heterocycles. The number of rotatable bonds is 7. The average Bonchev–Trinajstić information content (AvgIpc) is 3.04. The number of thiazole rings is 1. The summed E-state index contributed by atoms with van der Waals surface area (Å²) in [6, 6.07) is 2.58. The van der Waals surface area contributed by atoms with Gasteiger partial charge in [0, 0.05) is 16.8 Å². The van der Waals surface area contributed by atoms with Gasteiger partial charge < -0.3 is 0 Å². The van der Waals surface area contributed by atoms with Gasteiger partial charge in [0.15, 0.2) is 0 Å². The zero-order valence-electron chi connectivity index (χ0n) is 12.3. The normalized spacial score (nSPS) is 25.8. The van der Waals surface area contributed by atoms with Crippen molar-refractivity contribution in [2.24, 2.45) is 5.92 Å². The summed E-state index contributed by atoms with van der Waals surface area (Å²) in [5.74, 6) is 1.56. The summed E-state index contributed by atoms with van der Waals surface area (Å²) in [6.07, 6.45) is 5.56. The molecule has 1 aromatic rings. The van der Waals surface area contributed by atoms with Crippen LogP contribution < -0.4 is 5.32 Å². The molecule has 0 spiro atoms. The second-order valence-electron chi connectivity index (χ2n) is 5.49. The Labute approximate surface area is 130 Å². The number of hydrogen-bond acceptors (Lipinski definition) is 5. The standard InChI is InChI=1S/C15H23N3S2/c1-3-8-17-15(11-16)7-4-5-13(15)6-9-19-14-18-12(2)10-20-14/h10,13,17H,3-9H2,1-2H3. The average molecular weight is 310 g/mol. The minimum atomic E-state index is -0.268. The van der Waals surface area contributed by atoms with Crippen LogP contribution in [0.3, 0.4) is 0 Å². The Morgan fingerprint density at radius 1 is 1.65 bits per heavy atom. The fourth-order valence-corrected chi connectivity index (χ4v) is 4.90. The van der Waals surface area contributed by atoms with E-state index in [1.54, 1.807) is 11.3 Å². The van der Waals surface area contributed by atoms with Crippen molar-refractivity contribution in [3.63, 3.8) is 0 Å². The maximum Gasteiger partial charge on any atom is 0.150 e. The Kier molecular flexibility index (Phi) is 5.88. The highest BCUT2D eigenvalue weighted by Gasteiger charge is 2.42. The van der Waals surface area contributed by atoms with Gasteiger partial charge in [-0.25, -0.2) is 4.98 Å². The highest BCUT2D eigenvalue weighted by Crippen LogP contribution is 2.39. The maximum atomic E-state index is 9.60. The van der Waals surface area contributed by atoms with Crippen LogP contribution >= 0.6 is 23.1 Å². The molecule has 20 heavy (non-hydrogen) atoms. The lowest BCUT2D eigenvalue weighted by Crippen LogP contribution is -2.47. The SMILES string of the molecule is CCCNC1(C#N)CCCC1CCSc1nc(C)cs1. The molecule has 0 amide bonds. The first-order valence-electron chi connectivity index (χ1n) is 7.41. The molecule has 2 unspecified atom stereocenters. The third-order valence-electron chi connectivity index (χ3n) is 4.00. The number of nitrogens with zero attached hydrogens (tertiary/aromatic N) is 2. The number of hydrogen-bond donors (Lipinski definition) is 1. The predicted molar refractivity (Wildman–Crippen MR) is 86.2 cm³/mol. The molecule has 1 N–H and O–H groups in total. The van der Waals surface area contributed by atoms with Crippen molar-refractivity contribution in [3.05, 3.63) is 11.1 Å². The highest BCUT2D eigenvalue weighted by molar-refractivity contribution is 8.00. The second-order valence-corrected chi connectivity index (χ2v) is 7.69. The topological polar surface area (TPSA) is 48.7 Å². The van der Waals surface area contributed by atoms with Gasteiger partial charge in [-0.15, -0.1) is 11.3 Å². The highest BCUT2D eigenvalue weighted by atomic mass is 32.2. The maximum absolute atomic E-state index is 9.60. The Hall–Kier alpha value is -0.570. The van der Waals surface area contributed by atoms with E-state index in [4.69, 9.17) is 0 Å². The van der Waals surface area contributed by atoms with Gasteiger partial charge in [-0.05, 0) is 45.1 Å². The molecule has 0 bridgehead atoms. The lowest BCUT2D eigenvalue weighted by atomic mass is 9.86. The molecule has 110 valence electrons. The van der Waals surface area contributed by atoms with Crippen LogP contribution in [0.25, 0.3) is 0 Å². The van der Waals surface area contributed by atoms with Crippen LogP contribution in [0.15, 0.2) is 9.72 Å². The molecule has 0 aromatic carbocycles. The number of thioether (sulfide) groups is 1. The first-order chi connectivity index (χ1) is 9.70. The zero-order valence-corrected chi connectivity index (χ0v) is 13.9. The van der Waals surface area contributed by atoms with E-state index in [0.29, 0.717) is 5.92 Å². The van der Waals surface area contributed by atoms with Crippen LogP contribution in [0.4, 0.5) is 0 Å². The van der Waals surface area contributed by atoms with E-state index < -0.39 is 0 Å². The molecular weight excluding hydrogens is 286 g/mol. The van der Waals surface area contributed by atoms with Crippen LogP contribution in [0.1, 0.15) is 44.7 Å². The van der Waals surface area contributed by atoms with Gasteiger partial charge in [0.2, 0.25) is 0 Å². The van der Waals surface area contributed by atoms with E-state index in [9.17, 15) is 5.26 Å². The summed E-state index contributed by atoms with van der Waals surface area (Å²) in [4.78, 5) is 4.48. The Morgan fingerprint density at radius 2 is 2.50 bits per heavy atom. The smallest absolute Gasteiger partial charge is 0.150 e. The largest absolute Gasteiger partial charge is 0.299 e. The summed E-state index contributed by atoms with van der Waals surface area (Å²) < 4.78 is 1.16. The molecule has 2 atom stereocenters. The summed E-state index contributed by atoms with van der Waals surface area (Å²) in [5, 5.41) is 15.2. The molecule has 0 saturated heterocycles. The van der Waals surface area contributed by atoms with Crippen molar-refractivity contribution in [2.45, 2.75) is 55.8 Å². The molecule has 0 aliphatic heterocycles. The second kappa shape index (κ2) is 7.44. The summed E-state index contributed by atoms with van der Waals surface area (Å²) in [7, 11) is 0. The van der Waals surface area contributed by atoms with E-state index in [-0.39, 0.29) is 5.54 Å². The lowest BCUT2D eigenvalue weighted by Gasteiger charge is -2.29. The number of aromatic nitrogens is 1. The van der Waals surface area contributed by atoms with E-state index in [1.807, 2.05) is 18.7 Å². The van der Waals surface area contributed by atoms with E-state index in [1.165, 1.54) is 12.8 Å². The first kappa shape index (κ1) is 15.8.